The normalized spacial score (nSPS) is 16.4. The fourth-order valence-electron chi connectivity index (χ4n) is 4.22. The Bertz CT molecular complexity index is 1230. The van der Waals surface area contributed by atoms with E-state index in [9.17, 15) is 4.79 Å². The van der Waals surface area contributed by atoms with Crippen molar-refractivity contribution in [1.29, 1.82) is 0 Å². The number of fused-ring (bicyclic) bond motifs is 1. The first-order valence-electron chi connectivity index (χ1n) is 10.6. The van der Waals surface area contributed by atoms with Crippen LogP contribution < -0.4 is 5.32 Å². The summed E-state index contributed by atoms with van der Waals surface area (Å²) < 4.78 is 5.62. The second kappa shape index (κ2) is 8.22. The number of aromatic nitrogens is 2. The summed E-state index contributed by atoms with van der Waals surface area (Å²) in [4.78, 5) is 19.7. The molecule has 156 valence electrons. The van der Waals surface area contributed by atoms with Gasteiger partial charge in [-0.15, -0.1) is 0 Å². The number of aryl methyl sites for hydroxylation is 1. The van der Waals surface area contributed by atoms with E-state index in [2.05, 4.69) is 15.5 Å². The molecule has 1 saturated heterocycles. The van der Waals surface area contributed by atoms with Gasteiger partial charge < -0.3 is 14.7 Å². The number of nitrogens with zero attached hydrogens (tertiary/aromatic N) is 3. The number of anilines is 1. The molecule has 1 aromatic heterocycles. The molecule has 2 amide bonds. The van der Waals surface area contributed by atoms with E-state index in [0.29, 0.717) is 18.3 Å². The Morgan fingerprint density at radius 3 is 2.81 bits per heavy atom. The fourth-order valence-corrected chi connectivity index (χ4v) is 4.22. The molecule has 1 fully saturated rings. The molecule has 0 saturated carbocycles. The number of carbonyl (C=O) groups is 1. The number of amides is 2. The molecule has 4 aromatic rings. The lowest BCUT2D eigenvalue weighted by Gasteiger charge is -2.33. The lowest BCUT2D eigenvalue weighted by atomic mass is 10.0. The zero-order valence-corrected chi connectivity index (χ0v) is 17.4. The Kier molecular flexibility index (Phi) is 5.12. The SMILES string of the molecule is Cc1cccc(-c2noc(C3CCCCN3C(=O)Nc3cccc4ccccc34)n2)c1. The van der Waals surface area contributed by atoms with E-state index in [0.717, 1.165) is 46.8 Å². The standard InChI is InChI=1S/C25H24N4O2/c1-17-8-6-11-19(16-17)23-27-24(31-28-23)22-14-4-5-15-29(22)25(30)26-21-13-7-10-18-9-2-3-12-20(18)21/h2-3,6-13,16,22H,4-5,14-15H2,1H3,(H,26,30). The zero-order valence-electron chi connectivity index (χ0n) is 17.4. The molecule has 1 aliphatic heterocycles. The third kappa shape index (κ3) is 3.89. The van der Waals surface area contributed by atoms with E-state index in [1.807, 2.05) is 78.6 Å². The van der Waals surface area contributed by atoms with Gasteiger partial charge in [-0.05, 0) is 43.7 Å². The molecule has 1 N–H and O–H groups in total. The molecule has 0 aliphatic carbocycles. The van der Waals surface area contributed by atoms with E-state index < -0.39 is 0 Å². The highest BCUT2D eigenvalue weighted by molar-refractivity contribution is 6.01. The molecule has 5 rings (SSSR count). The monoisotopic (exact) mass is 412 g/mol. The Morgan fingerprint density at radius 1 is 1.06 bits per heavy atom. The molecular formula is C25H24N4O2. The van der Waals surface area contributed by atoms with Gasteiger partial charge in [0.15, 0.2) is 0 Å². The maximum Gasteiger partial charge on any atom is 0.322 e. The molecule has 1 atom stereocenters. The van der Waals surface area contributed by atoms with E-state index in [1.54, 1.807) is 0 Å². The van der Waals surface area contributed by atoms with Crippen molar-refractivity contribution in [3.63, 3.8) is 0 Å². The molecular weight excluding hydrogens is 388 g/mol. The Morgan fingerprint density at radius 2 is 1.90 bits per heavy atom. The largest absolute Gasteiger partial charge is 0.337 e. The summed E-state index contributed by atoms with van der Waals surface area (Å²) in [5, 5.41) is 9.39. The first-order valence-corrected chi connectivity index (χ1v) is 10.6. The van der Waals surface area contributed by atoms with Gasteiger partial charge in [-0.25, -0.2) is 4.79 Å². The van der Waals surface area contributed by atoms with Gasteiger partial charge in [0.25, 0.3) is 0 Å². The van der Waals surface area contributed by atoms with Crippen LogP contribution >= 0.6 is 0 Å². The second-order valence-corrected chi connectivity index (χ2v) is 7.99. The van der Waals surface area contributed by atoms with Gasteiger partial charge in [0.05, 0.1) is 5.69 Å². The third-order valence-electron chi connectivity index (χ3n) is 5.80. The van der Waals surface area contributed by atoms with Crippen LogP contribution in [0.15, 0.2) is 71.3 Å². The number of piperidine rings is 1. The van der Waals surface area contributed by atoms with Crippen LogP contribution in [0.5, 0.6) is 0 Å². The lowest BCUT2D eigenvalue weighted by Crippen LogP contribution is -2.41. The quantitative estimate of drug-likeness (QED) is 0.451. The number of hydrogen-bond donors (Lipinski definition) is 1. The van der Waals surface area contributed by atoms with Gasteiger partial charge in [-0.2, -0.15) is 4.98 Å². The molecule has 6 heteroatoms. The molecule has 3 aromatic carbocycles. The first kappa shape index (κ1) is 19.3. The van der Waals surface area contributed by atoms with Crippen molar-refractivity contribution in [2.24, 2.45) is 0 Å². The summed E-state index contributed by atoms with van der Waals surface area (Å²) >= 11 is 0. The highest BCUT2D eigenvalue weighted by atomic mass is 16.5. The van der Waals surface area contributed by atoms with Crippen molar-refractivity contribution in [3.05, 3.63) is 78.2 Å². The van der Waals surface area contributed by atoms with Crippen molar-refractivity contribution in [2.75, 3.05) is 11.9 Å². The number of benzene rings is 3. The molecule has 1 aliphatic rings. The smallest absolute Gasteiger partial charge is 0.322 e. The molecule has 0 radical (unpaired) electrons. The van der Waals surface area contributed by atoms with E-state index in [-0.39, 0.29) is 12.1 Å². The zero-order chi connectivity index (χ0) is 21.2. The van der Waals surface area contributed by atoms with Crippen LogP contribution in [-0.4, -0.2) is 27.6 Å². The average Bonchev–Trinajstić information content (AvgIpc) is 3.30. The number of rotatable bonds is 3. The number of carbonyl (C=O) groups excluding carboxylic acids is 1. The lowest BCUT2D eigenvalue weighted by molar-refractivity contribution is 0.142. The minimum Gasteiger partial charge on any atom is -0.337 e. The van der Waals surface area contributed by atoms with Gasteiger partial charge in [-0.3, -0.25) is 0 Å². The Labute approximate surface area is 180 Å². The molecule has 31 heavy (non-hydrogen) atoms. The highest BCUT2D eigenvalue weighted by Crippen LogP contribution is 2.32. The minimum absolute atomic E-state index is 0.142. The van der Waals surface area contributed by atoms with Crippen molar-refractivity contribution in [1.82, 2.24) is 15.0 Å². The molecule has 1 unspecified atom stereocenters. The molecule has 0 spiro atoms. The Hall–Kier alpha value is -3.67. The van der Waals surface area contributed by atoms with Crippen molar-refractivity contribution >= 4 is 22.5 Å². The molecule has 2 heterocycles. The van der Waals surface area contributed by atoms with Crippen LogP contribution in [0.4, 0.5) is 10.5 Å². The van der Waals surface area contributed by atoms with Crippen LogP contribution in [0.2, 0.25) is 0 Å². The van der Waals surface area contributed by atoms with Crippen molar-refractivity contribution in [2.45, 2.75) is 32.2 Å². The van der Waals surface area contributed by atoms with Gasteiger partial charge in [0.1, 0.15) is 6.04 Å². The number of nitrogens with one attached hydrogen (secondary N) is 1. The van der Waals surface area contributed by atoms with Crippen LogP contribution in [0.1, 0.15) is 36.8 Å². The summed E-state index contributed by atoms with van der Waals surface area (Å²) in [6.45, 7) is 2.69. The van der Waals surface area contributed by atoms with E-state index in [1.165, 1.54) is 0 Å². The number of urea groups is 1. The Balaban J connectivity index is 1.40. The molecule has 6 nitrogen and oxygen atoms in total. The van der Waals surface area contributed by atoms with E-state index in [4.69, 9.17) is 4.52 Å². The summed E-state index contributed by atoms with van der Waals surface area (Å²) in [6.07, 6.45) is 2.78. The fraction of sp³-hybridized carbons (Fsp3) is 0.240. The minimum atomic E-state index is -0.227. The topological polar surface area (TPSA) is 71.3 Å². The van der Waals surface area contributed by atoms with Crippen molar-refractivity contribution in [3.8, 4) is 11.4 Å². The van der Waals surface area contributed by atoms with Crippen LogP contribution in [0.25, 0.3) is 22.2 Å². The highest BCUT2D eigenvalue weighted by Gasteiger charge is 2.32. The number of likely N-dealkylation sites (tertiary alicyclic amines) is 1. The van der Waals surface area contributed by atoms with Gasteiger partial charge in [-0.1, -0.05) is 65.3 Å². The van der Waals surface area contributed by atoms with Crippen molar-refractivity contribution < 1.29 is 9.32 Å². The predicted molar refractivity (Wildman–Crippen MR) is 121 cm³/mol. The maximum absolute atomic E-state index is 13.2. The molecule has 0 bridgehead atoms. The third-order valence-corrected chi connectivity index (χ3v) is 5.80. The summed E-state index contributed by atoms with van der Waals surface area (Å²) in [7, 11) is 0. The maximum atomic E-state index is 13.2. The van der Waals surface area contributed by atoms with Crippen LogP contribution in [0, 0.1) is 6.92 Å². The van der Waals surface area contributed by atoms with Crippen LogP contribution in [-0.2, 0) is 0 Å². The number of hydrogen-bond acceptors (Lipinski definition) is 4. The summed E-state index contributed by atoms with van der Waals surface area (Å²) in [6, 6.07) is 21.6. The van der Waals surface area contributed by atoms with Crippen LogP contribution in [0.3, 0.4) is 0 Å². The predicted octanol–water partition coefficient (Wildman–Crippen LogP) is 5.96. The van der Waals surface area contributed by atoms with Gasteiger partial charge in [0, 0.05) is 17.5 Å². The summed E-state index contributed by atoms with van der Waals surface area (Å²) in [5.41, 5.74) is 2.86. The average molecular weight is 412 g/mol. The first-order chi connectivity index (χ1) is 15.2. The van der Waals surface area contributed by atoms with E-state index >= 15 is 0 Å². The summed E-state index contributed by atoms with van der Waals surface area (Å²) in [5.74, 6) is 1.04. The second-order valence-electron chi connectivity index (χ2n) is 7.99. The van der Waals surface area contributed by atoms with Gasteiger partial charge in [0.2, 0.25) is 11.7 Å². The van der Waals surface area contributed by atoms with Gasteiger partial charge >= 0.3 is 6.03 Å².